The second kappa shape index (κ2) is 6.79. The second-order valence-electron chi connectivity index (χ2n) is 6.01. The number of hydrogen-bond acceptors (Lipinski definition) is 5. The molecule has 4 rings (SSSR count). The molecular weight excluding hydrogens is 330 g/mol. The Bertz CT molecular complexity index is 965. The molecule has 1 aliphatic rings. The minimum absolute atomic E-state index is 0.231. The van der Waals surface area contributed by atoms with E-state index in [2.05, 4.69) is 20.7 Å². The number of rotatable bonds is 4. The first-order valence-corrected chi connectivity index (χ1v) is 8.25. The van der Waals surface area contributed by atoms with Crippen molar-refractivity contribution >= 4 is 17.3 Å². The molecule has 7 nitrogen and oxygen atoms in total. The van der Waals surface area contributed by atoms with Gasteiger partial charge in [0, 0.05) is 19.0 Å². The van der Waals surface area contributed by atoms with E-state index >= 15 is 0 Å². The summed E-state index contributed by atoms with van der Waals surface area (Å²) in [5.41, 5.74) is 2.81. The van der Waals surface area contributed by atoms with Gasteiger partial charge in [0.05, 0.1) is 5.69 Å². The summed E-state index contributed by atoms with van der Waals surface area (Å²) >= 11 is 0. The predicted octanol–water partition coefficient (Wildman–Crippen LogP) is 2.94. The number of aromatic nitrogens is 3. The van der Waals surface area contributed by atoms with Crippen molar-refractivity contribution in [2.45, 2.75) is 12.5 Å². The van der Waals surface area contributed by atoms with E-state index in [-0.39, 0.29) is 12.0 Å². The van der Waals surface area contributed by atoms with Crippen LogP contribution >= 0.6 is 0 Å². The maximum absolute atomic E-state index is 12.6. The zero-order valence-electron chi connectivity index (χ0n) is 14.2. The number of aryl methyl sites for hydroxylation is 1. The lowest BCUT2D eigenvalue weighted by Gasteiger charge is -2.10. The fourth-order valence-corrected chi connectivity index (χ4v) is 2.87. The molecule has 0 bridgehead atoms. The molecule has 130 valence electrons. The fraction of sp³-hybridized carbons (Fsp3) is 0.158. The molecule has 0 saturated heterocycles. The van der Waals surface area contributed by atoms with E-state index in [0.29, 0.717) is 23.6 Å². The highest BCUT2D eigenvalue weighted by molar-refractivity contribution is 6.43. The molecule has 3 aromatic rings. The number of oxime groups is 1. The Kier molecular flexibility index (Phi) is 4.18. The number of amides is 1. The first-order valence-electron chi connectivity index (χ1n) is 8.25. The Hall–Kier alpha value is -3.48. The van der Waals surface area contributed by atoms with Gasteiger partial charge >= 0.3 is 0 Å². The average Bonchev–Trinajstić information content (AvgIpc) is 3.32. The van der Waals surface area contributed by atoms with Crippen LogP contribution < -0.4 is 5.32 Å². The first-order chi connectivity index (χ1) is 12.7. The molecule has 2 aromatic carbocycles. The monoisotopic (exact) mass is 347 g/mol. The maximum Gasteiger partial charge on any atom is 0.273 e. The van der Waals surface area contributed by atoms with Crippen LogP contribution in [0.1, 0.15) is 18.1 Å². The van der Waals surface area contributed by atoms with Crippen molar-refractivity contribution in [1.82, 2.24) is 14.8 Å². The minimum Gasteiger partial charge on any atom is -0.387 e. The SMILES string of the molecule is Cn1cnnc1-c1ccccc1NC(=O)C1=NOC(c2ccccc2)C1. The van der Waals surface area contributed by atoms with Crippen LogP contribution in [0.15, 0.2) is 66.1 Å². The molecule has 26 heavy (non-hydrogen) atoms. The Labute approximate surface area is 150 Å². The summed E-state index contributed by atoms with van der Waals surface area (Å²) in [6, 6.07) is 17.2. The molecule has 7 heteroatoms. The number of carbonyl (C=O) groups is 1. The lowest BCUT2D eigenvalue weighted by atomic mass is 10.0. The standard InChI is InChI=1S/C19H17N5O2/c1-24-12-20-22-18(24)14-9-5-6-10-15(14)21-19(25)16-11-17(26-23-16)13-7-3-2-4-8-13/h2-10,12,17H,11H2,1H3,(H,21,25). The van der Waals surface area contributed by atoms with Crippen molar-refractivity contribution in [1.29, 1.82) is 0 Å². The van der Waals surface area contributed by atoms with Gasteiger partial charge in [0.1, 0.15) is 12.0 Å². The Morgan fingerprint density at radius 1 is 1.15 bits per heavy atom. The predicted molar refractivity (Wildman–Crippen MR) is 97.4 cm³/mol. The zero-order chi connectivity index (χ0) is 17.9. The molecule has 0 aliphatic carbocycles. The van der Waals surface area contributed by atoms with E-state index < -0.39 is 0 Å². The number of hydrogen-bond donors (Lipinski definition) is 1. The van der Waals surface area contributed by atoms with Crippen molar-refractivity contribution in [3.63, 3.8) is 0 Å². The number of nitrogens with one attached hydrogen (secondary N) is 1. The number of benzene rings is 2. The van der Waals surface area contributed by atoms with E-state index in [4.69, 9.17) is 4.84 Å². The fourth-order valence-electron chi connectivity index (χ4n) is 2.87. The molecule has 2 heterocycles. The summed E-state index contributed by atoms with van der Waals surface area (Å²) in [6.45, 7) is 0. The quantitative estimate of drug-likeness (QED) is 0.787. The van der Waals surface area contributed by atoms with Crippen LogP contribution in [0.4, 0.5) is 5.69 Å². The summed E-state index contributed by atoms with van der Waals surface area (Å²) in [7, 11) is 1.85. The van der Waals surface area contributed by atoms with E-state index in [9.17, 15) is 4.79 Å². The van der Waals surface area contributed by atoms with Gasteiger partial charge in [0.2, 0.25) is 0 Å². The maximum atomic E-state index is 12.6. The Morgan fingerprint density at radius 2 is 1.92 bits per heavy atom. The number of nitrogens with zero attached hydrogens (tertiary/aromatic N) is 4. The van der Waals surface area contributed by atoms with Crippen molar-refractivity contribution in [2.24, 2.45) is 12.2 Å². The van der Waals surface area contributed by atoms with Crippen molar-refractivity contribution in [2.75, 3.05) is 5.32 Å². The van der Waals surface area contributed by atoms with Crippen LogP contribution in [0.3, 0.4) is 0 Å². The molecule has 1 amide bonds. The summed E-state index contributed by atoms with van der Waals surface area (Å²) in [5, 5.41) is 14.9. The van der Waals surface area contributed by atoms with Gasteiger partial charge in [-0.1, -0.05) is 47.6 Å². The van der Waals surface area contributed by atoms with Gasteiger partial charge in [-0.25, -0.2) is 0 Å². The normalized spacial score (nSPS) is 16.0. The van der Waals surface area contributed by atoms with Crippen LogP contribution in [0.5, 0.6) is 0 Å². The molecule has 0 fully saturated rings. The Balaban J connectivity index is 1.51. The van der Waals surface area contributed by atoms with Crippen molar-refractivity contribution in [3.05, 3.63) is 66.5 Å². The van der Waals surface area contributed by atoms with Crippen LogP contribution in [-0.2, 0) is 16.7 Å². The molecule has 1 atom stereocenters. The molecule has 1 aliphatic heterocycles. The summed E-state index contributed by atoms with van der Waals surface area (Å²) in [4.78, 5) is 18.1. The largest absolute Gasteiger partial charge is 0.387 e. The van der Waals surface area contributed by atoms with E-state index in [1.807, 2.05) is 61.6 Å². The molecule has 0 spiro atoms. The van der Waals surface area contributed by atoms with E-state index in [1.54, 1.807) is 10.9 Å². The summed E-state index contributed by atoms with van der Waals surface area (Å²) < 4.78 is 1.80. The third-order valence-corrected chi connectivity index (χ3v) is 4.23. The van der Waals surface area contributed by atoms with Crippen LogP contribution in [0.2, 0.25) is 0 Å². The van der Waals surface area contributed by atoms with Gasteiger partial charge in [0.15, 0.2) is 11.9 Å². The smallest absolute Gasteiger partial charge is 0.273 e. The topological polar surface area (TPSA) is 81.4 Å². The van der Waals surface area contributed by atoms with Gasteiger partial charge in [-0.15, -0.1) is 10.2 Å². The number of carbonyl (C=O) groups excluding carboxylic acids is 1. The molecule has 0 radical (unpaired) electrons. The minimum atomic E-state index is -0.280. The molecule has 1 unspecified atom stereocenters. The molecule has 1 aromatic heterocycles. The van der Waals surface area contributed by atoms with Gasteiger partial charge in [-0.3, -0.25) is 4.79 Å². The first kappa shape index (κ1) is 16.0. The van der Waals surface area contributed by atoms with Crippen LogP contribution in [0, 0.1) is 0 Å². The van der Waals surface area contributed by atoms with Gasteiger partial charge in [-0.2, -0.15) is 0 Å². The molecule has 1 N–H and O–H groups in total. The average molecular weight is 347 g/mol. The van der Waals surface area contributed by atoms with Gasteiger partial charge in [0.25, 0.3) is 5.91 Å². The Morgan fingerprint density at radius 3 is 2.69 bits per heavy atom. The summed E-state index contributed by atoms with van der Waals surface area (Å²) in [6.07, 6.45) is 1.82. The van der Waals surface area contributed by atoms with E-state index in [0.717, 1.165) is 11.1 Å². The van der Waals surface area contributed by atoms with Crippen LogP contribution in [0.25, 0.3) is 11.4 Å². The van der Waals surface area contributed by atoms with Crippen LogP contribution in [-0.4, -0.2) is 26.4 Å². The van der Waals surface area contributed by atoms with Crippen molar-refractivity contribution in [3.8, 4) is 11.4 Å². The highest BCUT2D eigenvalue weighted by Crippen LogP contribution is 2.29. The lowest BCUT2D eigenvalue weighted by Crippen LogP contribution is -2.22. The third-order valence-electron chi connectivity index (χ3n) is 4.23. The second-order valence-corrected chi connectivity index (χ2v) is 6.01. The third kappa shape index (κ3) is 3.06. The highest BCUT2D eigenvalue weighted by Gasteiger charge is 2.27. The molecule has 0 saturated carbocycles. The van der Waals surface area contributed by atoms with Crippen molar-refractivity contribution < 1.29 is 9.63 Å². The highest BCUT2D eigenvalue weighted by atomic mass is 16.6. The van der Waals surface area contributed by atoms with E-state index in [1.165, 1.54) is 0 Å². The molecular formula is C19H17N5O2. The number of para-hydroxylation sites is 1. The van der Waals surface area contributed by atoms with Gasteiger partial charge in [-0.05, 0) is 17.7 Å². The lowest BCUT2D eigenvalue weighted by molar-refractivity contribution is -0.110. The summed E-state index contributed by atoms with van der Waals surface area (Å²) in [5.74, 6) is 0.394. The van der Waals surface area contributed by atoms with Gasteiger partial charge < -0.3 is 14.7 Å². The zero-order valence-corrected chi connectivity index (χ0v) is 14.2. The number of anilines is 1.